The minimum absolute atomic E-state index is 0.174. The van der Waals surface area contributed by atoms with Crippen molar-refractivity contribution in [1.29, 1.82) is 0 Å². The molecule has 0 heterocycles. The molecule has 1 amide bonds. The van der Waals surface area contributed by atoms with E-state index in [1.165, 1.54) is 0 Å². The van der Waals surface area contributed by atoms with Crippen molar-refractivity contribution in [1.82, 2.24) is 0 Å². The number of rotatable bonds is 7. The first-order valence-electron chi connectivity index (χ1n) is 6.32. The molecular formula is C15H19NO4. The number of allylic oxidation sites excluding steroid dienone is 1. The molecule has 3 N–H and O–H groups in total. The highest BCUT2D eigenvalue weighted by atomic mass is 16.5. The summed E-state index contributed by atoms with van der Waals surface area (Å²) in [6.45, 7) is 3.69. The predicted molar refractivity (Wildman–Crippen MR) is 75.4 cm³/mol. The van der Waals surface area contributed by atoms with Crippen molar-refractivity contribution in [3.63, 3.8) is 0 Å². The number of hydrogen-bond donors (Lipinski definition) is 2. The molecule has 0 aliphatic rings. The monoisotopic (exact) mass is 277 g/mol. The van der Waals surface area contributed by atoms with Crippen LogP contribution in [0.5, 0.6) is 5.75 Å². The van der Waals surface area contributed by atoms with Gasteiger partial charge in [-0.15, -0.1) is 0 Å². The summed E-state index contributed by atoms with van der Waals surface area (Å²) in [6.07, 6.45) is 2.09. The van der Waals surface area contributed by atoms with Crippen molar-refractivity contribution in [3.8, 4) is 5.75 Å². The summed E-state index contributed by atoms with van der Waals surface area (Å²) in [5.41, 5.74) is 6.21. The molecular weight excluding hydrogens is 258 g/mol. The van der Waals surface area contributed by atoms with E-state index in [4.69, 9.17) is 15.6 Å². The number of ether oxygens (including phenoxy) is 1. The summed E-state index contributed by atoms with van der Waals surface area (Å²) in [5, 5.41) is 9.14. The van der Waals surface area contributed by atoms with Crippen LogP contribution in [0.4, 0.5) is 0 Å². The van der Waals surface area contributed by atoms with Crippen LogP contribution in [0.1, 0.15) is 19.4 Å². The number of nitrogens with two attached hydrogens (primary N) is 1. The normalized spacial score (nSPS) is 11.4. The summed E-state index contributed by atoms with van der Waals surface area (Å²) < 4.78 is 5.13. The molecule has 0 atom stereocenters. The number of aliphatic carboxylic acids is 1. The Bertz CT molecular complexity index is 503. The molecule has 0 saturated carbocycles. The van der Waals surface area contributed by atoms with Gasteiger partial charge in [-0.25, -0.2) is 4.79 Å². The largest absolute Gasteiger partial charge is 0.484 e. The lowest BCUT2D eigenvalue weighted by atomic mass is 10.0. The van der Waals surface area contributed by atoms with Crippen molar-refractivity contribution >= 4 is 11.9 Å². The van der Waals surface area contributed by atoms with Crippen molar-refractivity contribution < 1.29 is 19.4 Å². The second kappa shape index (κ2) is 7.33. The highest BCUT2D eigenvalue weighted by molar-refractivity contribution is 5.87. The van der Waals surface area contributed by atoms with E-state index in [1.807, 2.05) is 13.8 Å². The maximum Gasteiger partial charge on any atom is 0.331 e. The number of carboxylic acids is 1. The highest BCUT2D eigenvalue weighted by Crippen LogP contribution is 2.16. The summed E-state index contributed by atoms with van der Waals surface area (Å²) in [6, 6.07) is 6.92. The predicted octanol–water partition coefficient (Wildman–Crippen LogP) is 1.76. The molecule has 0 aromatic heterocycles. The number of carboxylic acid groups (broad SMARTS) is 1. The van der Waals surface area contributed by atoms with Crippen molar-refractivity contribution in [2.75, 3.05) is 6.61 Å². The first kappa shape index (κ1) is 15.8. The maximum atomic E-state index is 11.1. The second-order valence-electron chi connectivity index (χ2n) is 4.82. The van der Waals surface area contributed by atoms with E-state index in [-0.39, 0.29) is 12.5 Å². The van der Waals surface area contributed by atoms with E-state index in [9.17, 15) is 9.59 Å². The minimum atomic E-state index is -0.909. The fourth-order valence-electron chi connectivity index (χ4n) is 1.69. The maximum absolute atomic E-state index is 11.1. The molecule has 1 rings (SSSR count). The SMILES string of the molecule is CC(C)C=C(Cc1ccc(OCC(N)=O)cc1)C(=O)O. The molecule has 0 unspecified atom stereocenters. The zero-order valence-electron chi connectivity index (χ0n) is 11.6. The number of carbonyl (C=O) groups excluding carboxylic acids is 1. The zero-order chi connectivity index (χ0) is 15.1. The second-order valence-corrected chi connectivity index (χ2v) is 4.82. The lowest BCUT2D eigenvalue weighted by Crippen LogP contribution is -2.19. The number of primary amides is 1. The Labute approximate surface area is 118 Å². The summed E-state index contributed by atoms with van der Waals surface area (Å²) >= 11 is 0. The lowest BCUT2D eigenvalue weighted by Gasteiger charge is -2.07. The number of hydrogen-bond acceptors (Lipinski definition) is 3. The van der Waals surface area contributed by atoms with E-state index in [0.29, 0.717) is 17.7 Å². The Morgan fingerprint density at radius 1 is 1.30 bits per heavy atom. The Kier molecular flexibility index (Phi) is 5.77. The smallest absolute Gasteiger partial charge is 0.331 e. The number of carbonyl (C=O) groups is 2. The molecule has 0 saturated heterocycles. The number of amides is 1. The van der Waals surface area contributed by atoms with Gasteiger partial charge in [0.1, 0.15) is 5.75 Å². The van der Waals surface area contributed by atoms with E-state index < -0.39 is 11.9 Å². The van der Waals surface area contributed by atoms with Gasteiger partial charge >= 0.3 is 5.97 Å². The van der Waals surface area contributed by atoms with Gasteiger partial charge in [0.2, 0.25) is 0 Å². The first-order valence-corrected chi connectivity index (χ1v) is 6.32. The first-order chi connectivity index (χ1) is 9.38. The van der Waals surface area contributed by atoms with E-state index in [2.05, 4.69) is 0 Å². The zero-order valence-corrected chi connectivity index (χ0v) is 11.6. The molecule has 20 heavy (non-hydrogen) atoms. The van der Waals surface area contributed by atoms with E-state index in [0.717, 1.165) is 5.56 Å². The molecule has 0 fully saturated rings. The van der Waals surface area contributed by atoms with E-state index in [1.54, 1.807) is 30.3 Å². The topological polar surface area (TPSA) is 89.6 Å². The third kappa shape index (κ3) is 5.56. The van der Waals surface area contributed by atoms with Gasteiger partial charge in [-0.05, 0) is 23.6 Å². The van der Waals surface area contributed by atoms with Gasteiger partial charge in [-0.2, -0.15) is 0 Å². The third-order valence-electron chi connectivity index (χ3n) is 2.51. The Morgan fingerprint density at radius 3 is 2.35 bits per heavy atom. The van der Waals surface area contributed by atoms with Crippen LogP contribution in [0.15, 0.2) is 35.9 Å². The summed E-state index contributed by atoms with van der Waals surface area (Å²) in [5.74, 6) is -0.744. The molecule has 0 spiro atoms. The van der Waals surface area contributed by atoms with Gasteiger partial charge in [0.05, 0.1) is 0 Å². The van der Waals surface area contributed by atoms with Crippen LogP contribution in [-0.4, -0.2) is 23.6 Å². The lowest BCUT2D eigenvalue weighted by molar-refractivity contribution is -0.132. The Balaban J connectivity index is 2.73. The Morgan fingerprint density at radius 2 is 1.90 bits per heavy atom. The van der Waals surface area contributed by atoms with Gasteiger partial charge in [0.15, 0.2) is 6.61 Å². The van der Waals surface area contributed by atoms with Crippen LogP contribution in [0.2, 0.25) is 0 Å². The highest BCUT2D eigenvalue weighted by Gasteiger charge is 2.09. The molecule has 5 heteroatoms. The standard InChI is InChI=1S/C15H19NO4/c1-10(2)7-12(15(18)19)8-11-3-5-13(6-4-11)20-9-14(16)17/h3-7,10H,8-9H2,1-2H3,(H2,16,17)(H,18,19). The average molecular weight is 277 g/mol. The number of benzene rings is 1. The van der Waals surface area contributed by atoms with Crippen LogP contribution in [0.25, 0.3) is 0 Å². The fraction of sp³-hybridized carbons (Fsp3) is 0.333. The minimum Gasteiger partial charge on any atom is -0.484 e. The van der Waals surface area contributed by atoms with Crippen LogP contribution >= 0.6 is 0 Å². The third-order valence-corrected chi connectivity index (χ3v) is 2.51. The van der Waals surface area contributed by atoms with Crippen molar-refractivity contribution in [2.45, 2.75) is 20.3 Å². The van der Waals surface area contributed by atoms with Gasteiger partial charge in [-0.3, -0.25) is 4.79 Å². The summed E-state index contributed by atoms with van der Waals surface area (Å²) in [7, 11) is 0. The Hall–Kier alpha value is -2.30. The fourth-order valence-corrected chi connectivity index (χ4v) is 1.69. The van der Waals surface area contributed by atoms with Gasteiger partial charge in [0, 0.05) is 12.0 Å². The van der Waals surface area contributed by atoms with Crippen LogP contribution in [0, 0.1) is 5.92 Å². The van der Waals surface area contributed by atoms with Gasteiger partial charge < -0.3 is 15.6 Å². The van der Waals surface area contributed by atoms with Crippen LogP contribution in [0.3, 0.4) is 0 Å². The van der Waals surface area contributed by atoms with Crippen LogP contribution < -0.4 is 10.5 Å². The van der Waals surface area contributed by atoms with Gasteiger partial charge in [-0.1, -0.05) is 32.1 Å². The molecule has 0 radical (unpaired) electrons. The quantitative estimate of drug-likeness (QED) is 0.743. The molecule has 1 aromatic rings. The van der Waals surface area contributed by atoms with Crippen molar-refractivity contribution in [3.05, 3.63) is 41.5 Å². The molecule has 108 valence electrons. The average Bonchev–Trinajstić information content (AvgIpc) is 2.36. The van der Waals surface area contributed by atoms with Crippen molar-refractivity contribution in [2.24, 2.45) is 11.7 Å². The van der Waals surface area contributed by atoms with E-state index >= 15 is 0 Å². The molecule has 0 aliphatic heterocycles. The summed E-state index contributed by atoms with van der Waals surface area (Å²) in [4.78, 5) is 21.7. The molecule has 0 bridgehead atoms. The van der Waals surface area contributed by atoms with Gasteiger partial charge in [0.25, 0.3) is 5.91 Å². The molecule has 1 aromatic carbocycles. The van der Waals surface area contributed by atoms with Crippen LogP contribution in [-0.2, 0) is 16.0 Å². The molecule has 5 nitrogen and oxygen atoms in total. The molecule has 0 aliphatic carbocycles.